The van der Waals surface area contributed by atoms with Crippen molar-refractivity contribution in [2.45, 2.75) is 12.8 Å². The van der Waals surface area contributed by atoms with Crippen LogP contribution in [0.15, 0.2) is 18.2 Å². The molecule has 110 valence electrons. The number of carbonyl (C=O) groups is 1. The van der Waals surface area contributed by atoms with Gasteiger partial charge >= 0.3 is 0 Å². The van der Waals surface area contributed by atoms with Gasteiger partial charge in [0.1, 0.15) is 0 Å². The van der Waals surface area contributed by atoms with Crippen LogP contribution in [0.1, 0.15) is 12.0 Å². The van der Waals surface area contributed by atoms with Gasteiger partial charge in [0, 0.05) is 24.8 Å². The van der Waals surface area contributed by atoms with E-state index in [9.17, 15) is 4.79 Å². The highest BCUT2D eigenvalue weighted by molar-refractivity contribution is 9.09. The molecule has 0 aromatic heterocycles. The second-order valence-corrected chi connectivity index (χ2v) is 5.61. The van der Waals surface area contributed by atoms with E-state index in [1.54, 1.807) is 14.2 Å². The number of carbonyl (C=O) groups excluding carboxylic acids is 1. The van der Waals surface area contributed by atoms with Crippen molar-refractivity contribution >= 4 is 21.8 Å². The summed E-state index contributed by atoms with van der Waals surface area (Å²) in [6, 6.07) is 5.85. The van der Waals surface area contributed by atoms with Crippen molar-refractivity contribution in [1.29, 1.82) is 0 Å². The van der Waals surface area contributed by atoms with Crippen LogP contribution in [0.4, 0.5) is 0 Å². The summed E-state index contributed by atoms with van der Waals surface area (Å²) in [6.07, 6.45) is 1.43. The molecule has 0 N–H and O–H groups in total. The molecule has 1 atom stereocenters. The number of methoxy groups -OCH3 is 2. The summed E-state index contributed by atoms with van der Waals surface area (Å²) < 4.78 is 10.7. The Labute approximate surface area is 128 Å². The number of hydrogen-bond donors (Lipinski definition) is 0. The summed E-state index contributed by atoms with van der Waals surface area (Å²) in [4.78, 5) is 13.8. The van der Waals surface area contributed by atoms with Crippen LogP contribution in [0.25, 0.3) is 0 Å². The first kappa shape index (κ1) is 15.2. The number of nitrogens with zero attached hydrogens (tertiary/aromatic N) is 1. The van der Waals surface area contributed by atoms with E-state index in [4.69, 9.17) is 9.47 Å². The van der Waals surface area contributed by atoms with E-state index in [0.29, 0.717) is 12.3 Å². The molecule has 1 saturated heterocycles. The van der Waals surface area contributed by atoms with Crippen molar-refractivity contribution in [3.63, 3.8) is 0 Å². The zero-order valence-electron chi connectivity index (χ0n) is 11.9. The van der Waals surface area contributed by atoms with Crippen molar-refractivity contribution in [1.82, 2.24) is 4.90 Å². The topological polar surface area (TPSA) is 38.8 Å². The maximum absolute atomic E-state index is 11.9. The van der Waals surface area contributed by atoms with Crippen LogP contribution in [0, 0.1) is 5.92 Å². The Bertz CT molecular complexity index is 478. The Kier molecular flexibility index (Phi) is 5.29. The van der Waals surface area contributed by atoms with Gasteiger partial charge in [-0.3, -0.25) is 4.79 Å². The molecule has 0 saturated carbocycles. The van der Waals surface area contributed by atoms with E-state index >= 15 is 0 Å². The smallest absolute Gasteiger partial charge is 0.222 e. The number of hydrogen-bond acceptors (Lipinski definition) is 3. The maximum Gasteiger partial charge on any atom is 0.222 e. The molecule has 2 rings (SSSR count). The molecule has 1 amide bonds. The number of para-hydroxylation sites is 1. The molecule has 1 heterocycles. The number of amides is 1. The highest BCUT2D eigenvalue weighted by atomic mass is 79.9. The standard InChI is InChI=1S/C15H20BrNO3/c1-19-13-5-3-4-12(15(13)20-2)6-7-17-10-11(9-16)8-14(17)18/h3-5,11H,6-10H2,1-2H3. The third-order valence-corrected chi connectivity index (χ3v) is 4.56. The quantitative estimate of drug-likeness (QED) is 0.746. The van der Waals surface area contributed by atoms with Crippen LogP contribution in [-0.4, -0.2) is 43.4 Å². The molecular weight excluding hydrogens is 322 g/mol. The molecule has 0 aliphatic carbocycles. The molecule has 1 aliphatic rings. The Balaban J connectivity index is 2.02. The van der Waals surface area contributed by atoms with Gasteiger partial charge < -0.3 is 14.4 Å². The van der Waals surface area contributed by atoms with Gasteiger partial charge in [-0.25, -0.2) is 0 Å². The number of benzene rings is 1. The minimum absolute atomic E-state index is 0.247. The highest BCUT2D eigenvalue weighted by Crippen LogP contribution is 2.31. The Hall–Kier alpha value is -1.23. The van der Waals surface area contributed by atoms with E-state index in [0.717, 1.165) is 41.9 Å². The second-order valence-electron chi connectivity index (χ2n) is 4.97. The lowest BCUT2D eigenvalue weighted by Crippen LogP contribution is -2.27. The van der Waals surface area contributed by atoms with Crippen LogP contribution in [0.2, 0.25) is 0 Å². The zero-order valence-corrected chi connectivity index (χ0v) is 13.5. The van der Waals surface area contributed by atoms with E-state index < -0.39 is 0 Å². The molecular formula is C15H20BrNO3. The van der Waals surface area contributed by atoms with Gasteiger partial charge in [0.15, 0.2) is 11.5 Å². The van der Waals surface area contributed by atoms with Crippen molar-refractivity contribution in [2.24, 2.45) is 5.92 Å². The number of likely N-dealkylation sites (tertiary alicyclic amines) is 1. The molecule has 0 radical (unpaired) electrons. The lowest BCUT2D eigenvalue weighted by molar-refractivity contribution is -0.127. The largest absolute Gasteiger partial charge is 0.493 e. The van der Waals surface area contributed by atoms with Crippen molar-refractivity contribution < 1.29 is 14.3 Å². The Morgan fingerprint density at radius 1 is 1.35 bits per heavy atom. The lowest BCUT2D eigenvalue weighted by atomic mass is 10.1. The first-order valence-corrected chi connectivity index (χ1v) is 7.85. The number of rotatable bonds is 6. The van der Waals surface area contributed by atoms with E-state index in [1.807, 2.05) is 23.1 Å². The van der Waals surface area contributed by atoms with Gasteiger partial charge in [0.25, 0.3) is 0 Å². The summed E-state index contributed by atoms with van der Waals surface area (Å²) in [6.45, 7) is 1.57. The third kappa shape index (κ3) is 3.26. The third-order valence-electron chi connectivity index (χ3n) is 3.65. The van der Waals surface area contributed by atoms with E-state index in [1.165, 1.54) is 0 Å². The lowest BCUT2D eigenvalue weighted by Gasteiger charge is -2.18. The summed E-state index contributed by atoms with van der Waals surface area (Å²) in [5.41, 5.74) is 1.07. The van der Waals surface area contributed by atoms with Crippen LogP contribution in [0.3, 0.4) is 0 Å². The van der Waals surface area contributed by atoms with Gasteiger partial charge in [0.05, 0.1) is 14.2 Å². The maximum atomic E-state index is 11.9. The van der Waals surface area contributed by atoms with Crippen molar-refractivity contribution in [3.05, 3.63) is 23.8 Å². The van der Waals surface area contributed by atoms with Gasteiger partial charge in [-0.15, -0.1) is 0 Å². The normalized spacial score (nSPS) is 18.4. The first-order valence-electron chi connectivity index (χ1n) is 6.73. The molecule has 1 aromatic rings. The predicted molar refractivity (Wildman–Crippen MR) is 81.7 cm³/mol. The van der Waals surface area contributed by atoms with Crippen LogP contribution in [0.5, 0.6) is 11.5 Å². The molecule has 0 bridgehead atoms. The minimum Gasteiger partial charge on any atom is -0.493 e. The molecule has 1 fully saturated rings. The van der Waals surface area contributed by atoms with Crippen molar-refractivity contribution in [3.8, 4) is 11.5 Å². The average molecular weight is 342 g/mol. The van der Waals surface area contributed by atoms with Gasteiger partial charge in [-0.05, 0) is 24.0 Å². The number of ether oxygens (including phenoxy) is 2. The van der Waals surface area contributed by atoms with Gasteiger partial charge in [-0.2, -0.15) is 0 Å². The molecule has 1 unspecified atom stereocenters. The first-order chi connectivity index (χ1) is 9.69. The monoisotopic (exact) mass is 341 g/mol. The number of alkyl halides is 1. The minimum atomic E-state index is 0.247. The Morgan fingerprint density at radius 3 is 2.75 bits per heavy atom. The molecule has 1 aliphatic heterocycles. The zero-order chi connectivity index (χ0) is 14.5. The SMILES string of the molecule is COc1cccc(CCN2CC(CBr)CC2=O)c1OC. The number of halogens is 1. The van der Waals surface area contributed by atoms with Gasteiger partial charge in [-0.1, -0.05) is 28.1 Å². The fraction of sp³-hybridized carbons (Fsp3) is 0.533. The highest BCUT2D eigenvalue weighted by Gasteiger charge is 2.28. The fourth-order valence-corrected chi connectivity index (χ4v) is 3.01. The Morgan fingerprint density at radius 2 is 2.15 bits per heavy atom. The van der Waals surface area contributed by atoms with Crippen LogP contribution in [-0.2, 0) is 11.2 Å². The van der Waals surface area contributed by atoms with E-state index in [2.05, 4.69) is 15.9 Å². The van der Waals surface area contributed by atoms with Crippen molar-refractivity contribution in [2.75, 3.05) is 32.6 Å². The molecule has 5 heteroatoms. The van der Waals surface area contributed by atoms with Crippen LogP contribution < -0.4 is 9.47 Å². The second kappa shape index (κ2) is 6.97. The molecule has 0 spiro atoms. The molecule has 20 heavy (non-hydrogen) atoms. The summed E-state index contributed by atoms with van der Waals surface area (Å²) in [5, 5.41) is 0.887. The summed E-state index contributed by atoms with van der Waals surface area (Å²) in [5.74, 6) is 2.18. The molecule has 4 nitrogen and oxygen atoms in total. The van der Waals surface area contributed by atoms with E-state index in [-0.39, 0.29) is 5.91 Å². The average Bonchev–Trinajstić information content (AvgIpc) is 2.84. The van der Waals surface area contributed by atoms with Crippen LogP contribution >= 0.6 is 15.9 Å². The van der Waals surface area contributed by atoms with Gasteiger partial charge in [0.2, 0.25) is 5.91 Å². The predicted octanol–water partition coefficient (Wildman–Crippen LogP) is 2.49. The fourth-order valence-electron chi connectivity index (χ4n) is 2.58. The summed E-state index contributed by atoms with van der Waals surface area (Å²) >= 11 is 3.45. The molecule has 1 aromatic carbocycles. The summed E-state index contributed by atoms with van der Waals surface area (Å²) in [7, 11) is 3.27.